The molecule has 3 unspecified atom stereocenters. The molecule has 3 atom stereocenters. The summed E-state index contributed by atoms with van der Waals surface area (Å²) in [5.41, 5.74) is 0. The van der Waals surface area contributed by atoms with Crippen LogP contribution in [0.25, 0.3) is 0 Å². The van der Waals surface area contributed by atoms with E-state index in [1.807, 2.05) is 0 Å². The van der Waals surface area contributed by atoms with E-state index in [1.165, 1.54) is 103 Å². The Hall–Kier alpha value is -0.0800. The van der Waals surface area contributed by atoms with Crippen LogP contribution in [0.15, 0.2) is 0 Å². The molecule has 0 spiro atoms. The number of piperazine rings is 1. The fourth-order valence-electron chi connectivity index (χ4n) is 4.50. The molecule has 3 fully saturated rings. The molecule has 0 saturated carbocycles. The minimum atomic E-state index is 0.820. The molecule has 0 aliphatic carbocycles. The fourth-order valence-corrected chi connectivity index (χ4v) is 4.50. The lowest BCUT2D eigenvalue weighted by Crippen LogP contribution is -2.68. The Morgan fingerprint density at radius 2 is 1.17 bits per heavy atom. The summed E-state index contributed by atoms with van der Waals surface area (Å²) in [4.78, 5) is 2.85. The summed E-state index contributed by atoms with van der Waals surface area (Å²) in [6, 6.07) is 2.52. The van der Waals surface area contributed by atoms with Gasteiger partial charge in [-0.15, -0.1) is 0 Å². The summed E-state index contributed by atoms with van der Waals surface area (Å²) in [5.74, 6) is 0. The van der Waals surface area contributed by atoms with Gasteiger partial charge in [0.05, 0.1) is 0 Å². The van der Waals surface area contributed by atoms with Gasteiger partial charge in [-0.05, 0) is 19.3 Å². The monoisotopic (exact) mass is 322 g/mol. The molecular weight excluding hydrogens is 280 g/mol. The van der Waals surface area contributed by atoms with Gasteiger partial charge in [-0.2, -0.15) is 0 Å². The van der Waals surface area contributed by atoms with Gasteiger partial charge in [-0.1, -0.05) is 84.5 Å². The Balaban J connectivity index is 1.63. The maximum Gasteiger partial charge on any atom is 0.0213 e. The van der Waals surface area contributed by atoms with Crippen LogP contribution >= 0.6 is 0 Å². The standard InChI is InChI=1S/C21H42N2/c1-3-5-7-9-11-13-15-21(14-12-10-8-6-4-2)23-17-19-16-20(18-23)22-19/h19-22H,3-18H2,1-2H3. The average molecular weight is 323 g/mol. The molecule has 2 nitrogen and oxygen atoms in total. The Bertz CT molecular complexity index is 276. The molecule has 0 aromatic rings. The van der Waals surface area contributed by atoms with Crippen LogP contribution in [0.1, 0.15) is 104 Å². The molecular formula is C21H42N2. The maximum atomic E-state index is 3.70. The van der Waals surface area contributed by atoms with Gasteiger partial charge in [0.1, 0.15) is 0 Å². The van der Waals surface area contributed by atoms with Crippen LogP contribution in [0, 0.1) is 0 Å². The highest BCUT2D eigenvalue weighted by Gasteiger charge is 2.38. The van der Waals surface area contributed by atoms with Crippen molar-refractivity contribution in [1.82, 2.24) is 10.2 Å². The van der Waals surface area contributed by atoms with Crippen molar-refractivity contribution in [3.63, 3.8) is 0 Å². The van der Waals surface area contributed by atoms with E-state index in [-0.39, 0.29) is 0 Å². The molecule has 136 valence electrons. The van der Waals surface area contributed by atoms with Crippen molar-refractivity contribution >= 4 is 0 Å². The first-order valence-electron chi connectivity index (χ1n) is 10.8. The van der Waals surface area contributed by atoms with E-state index in [9.17, 15) is 0 Å². The van der Waals surface area contributed by atoms with E-state index in [0.717, 1.165) is 18.1 Å². The largest absolute Gasteiger partial charge is 0.309 e. The molecule has 3 aliphatic rings. The predicted octanol–water partition coefficient (Wildman–Crippen LogP) is 5.51. The predicted molar refractivity (Wildman–Crippen MR) is 102 cm³/mol. The number of unbranched alkanes of at least 4 members (excludes halogenated alkanes) is 9. The Labute approximate surface area is 145 Å². The van der Waals surface area contributed by atoms with E-state index in [2.05, 4.69) is 24.1 Å². The Kier molecular flexibility index (Phi) is 9.60. The lowest BCUT2D eigenvalue weighted by Gasteiger charge is -2.51. The molecule has 0 radical (unpaired) electrons. The van der Waals surface area contributed by atoms with E-state index in [4.69, 9.17) is 0 Å². The number of hydrogen-bond acceptors (Lipinski definition) is 2. The first kappa shape index (κ1) is 19.2. The second-order valence-corrected chi connectivity index (χ2v) is 8.16. The molecule has 3 heterocycles. The van der Waals surface area contributed by atoms with Gasteiger partial charge in [0, 0.05) is 31.2 Å². The van der Waals surface area contributed by atoms with Gasteiger partial charge in [-0.3, -0.25) is 4.90 Å². The van der Waals surface area contributed by atoms with Crippen LogP contribution in [-0.4, -0.2) is 36.1 Å². The number of hydrogen-bond donors (Lipinski definition) is 1. The van der Waals surface area contributed by atoms with Crippen LogP contribution in [0.5, 0.6) is 0 Å². The van der Waals surface area contributed by atoms with Gasteiger partial charge in [0.25, 0.3) is 0 Å². The van der Waals surface area contributed by atoms with Gasteiger partial charge < -0.3 is 5.32 Å². The fraction of sp³-hybridized carbons (Fsp3) is 1.00. The molecule has 2 bridgehead atoms. The van der Waals surface area contributed by atoms with Crippen LogP contribution < -0.4 is 5.32 Å². The summed E-state index contributed by atoms with van der Waals surface area (Å²) in [6.07, 6.45) is 20.2. The summed E-state index contributed by atoms with van der Waals surface area (Å²) in [7, 11) is 0. The number of piperidine rings is 1. The molecule has 23 heavy (non-hydrogen) atoms. The number of fused-ring (bicyclic) bond motifs is 2. The third kappa shape index (κ3) is 7.13. The summed E-state index contributed by atoms with van der Waals surface area (Å²) in [6.45, 7) is 7.27. The molecule has 0 amide bonds. The second-order valence-electron chi connectivity index (χ2n) is 8.16. The number of nitrogens with zero attached hydrogens (tertiary/aromatic N) is 1. The minimum absolute atomic E-state index is 0.820. The smallest absolute Gasteiger partial charge is 0.0213 e. The van der Waals surface area contributed by atoms with E-state index >= 15 is 0 Å². The lowest BCUT2D eigenvalue weighted by molar-refractivity contribution is 0.0380. The van der Waals surface area contributed by atoms with Crippen LogP contribution in [0.4, 0.5) is 0 Å². The molecule has 0 aromatic heterocycles. The summed E-state index contributed by atoms with van der Waals surface area (Å²) in [5, 5.41) is 3.70. The van der Waals surface area contributed by atoms with Crippen LogP contribution in [-0.2, 0) is 0 Å². The van der Waals surface area contributed by atoms with E-state index in [0.29, 0.717) is 0 Å². The van der Waals surface area contributed by atoms with Crippen LogP contribution in [0.3, 0.4) is 0 Å². The minimum Gasteiger partial charge on any atom is -0.309 e. The normalized spacial score (nSPS) is 25.3. The first-order valence-corrected chi connectivity index (χ1v) is 10.8. The van der Waals surface area contributed by atoms with E-state index in [1.54, 1.807) is 0 Å². The molecule has 3 aliphatic heterocycles. The molecule has 3 rings (SSSR count). The SMILES string of the molecule is CCCCCCCCC(CCCCCCC)N1CC2CC(C1)N2. The number of nitrogens with one attached hydrogen (secondary N) is 1. The summed E-state index contributed by atoms with van der Waals surface area (Å²) >= 11 is 0. The van der Waals surface area contributed by atoms with Crippen molar-refractivity contribution in [2.24, 2.45) is 0 Å². The van der Waals surface area contributed by atoms with Crippen LogP contribution in [0.2, 0.25) is 0 Å². The molecule has 0 aromatic carbocycles. The van der Waals surface area contributed by atoms with E-state index < -0.39 is 0 Å². The zero-order valence-electron chi connectivity index (χ0n) is 16.0. The average Bonchev–Trinajstić information content (AvgIpc) is 2.55. The molecule has 3 saturated heterocycles. The highest BCUT2D eigenvalue weighted by Crippen LogP contribution is 2.27. The molecule has 2 heteroatoms. The second kappa shape index (κ2) is 11.5. The van der Waals surface area contributed by atoms with Crippen molar-refractivity contribution < 1.29 is 0 Å². The topological polar surface area (TPSA) is 15.3 Å². The summed E-state index contributed by atoms with van der Waals surface area (Å²) < 4.78 is 0. The third-order valence-electron chi connectivity index (χ3n) is 6.00. The molecule has 1 N–H and O–H groups in total. The quantitative estimate of drug-likeness (QED) is 0.424. The Morgan fingerprint density at radius 1 is 0.739 bits per heavy atom. The maximum absolute atomic E-state index is 3.70. The first-order chi connectivity index (χ1) is 11.3. The Morgan fingerprint density at radius 3 is 1.65 bits per heavy atom. The van der Waals surface area contributed by atoms with Crippen molar-refractivity contribution in [2.45, 2.75) is 122 Å². The highest BCUT2D eigenvalue weighted by atomic mass is 15.3. The van der Waals surface area contributed by atoms with Gasteiger partial charge in [0.15, 0.2) is 0 Å². The van der Waals surface area contributed by atoms with Gasteiger partial charge in [-0.25, -0.2) is 0 Å². The van der Waals surface area contributed by atoms with Crippen molar-refractivity contribution in [1.29, 1.82) is 0 Å². The van der Waals surface area contributed by atoms with Crippen molar-refractivity contribution in [3.05, 3.63) is 0 Å². The number of rotatable bonds is 14. The van der Waals surface area contributed by atoms with Gasteiger partial charge in [0.2, 0.25) is 0 Å². The van der Waals surface area contributed by atoms with Gasteiger partial charge >= 0.3 is 0 Å². The zero-order chi connectivity index (χ0) is 16.3. The third-order valence-corrected chi connectivity index (χ3v) is 6.00. The zero-order valence-corrected chi connectivity index (χ0v) is 16.0. The van der Waals surface area contributed by atoms with Crippen molar-refractivity contribution in [2.75, 3.05) is 13.1 Å². The van der Waals surface area contributed by atoms with Crippen molar-refractivity contribution in [3.8, 4) is 0 Å². The highest BCUT2D eigenvalue weighted by molar-refractivity contribution is 4.99. The lowest BCUT2D eigenvalue weighted by atomic mass is 9.88.